The molecule has 86 valence electrons. The molecule has 0 spiro atoms. The highest BCUT2D eigenvalue weighted by atomic mass is 79.9. The van der Waals surface area contributed by atoms with E-state index in [-0.39, 0.29) is 0 Å². The molecule has 1 aromatic heterocycles. The van der Waals surface area contributed by atoms with Crippen molar-refractivity contribution in [1.29, 1.82) is 0 Å². The Hall–Kier alpha value is -0.840. The molecule has 0 bridgehead atoms. The van der Waals surface area contributed by atoms with Crippen LogP contribution in [-0.4, -0.2) is 4.57 Å². The van der Waals surface area contributed by atoms with Crippen molar-refractivity contribution in [2.24, 2.45) is 5.90 Å². The van der Waals surface area contributed by atoms with E-state index >= 15 is 0 Å². The smallest absolute Gasteiger partial charge is 0.108 e. The summed E-state index contributed by atoms with van der Waals surface area (Å²) in [5.74, 6) is 5.16. The van der Waals surface area contributed by atoms with Crippen LogP contribution < -0.4 is 5.90 Å². The minimum Gasteiger partial charge on any atom is -0.340 e. The molecule has 0 radical (unpaired) electrons. The molecule has 3 nitrogen and oxygen atoms in total. The van der Waals surface area contributed by atoms with E-state index in [0.717, 1.165) is 10.2 Å². The van der Waals surface area contributed by atoms with Crippen LogP contribution in [0.3, 0.4) is 0 Å². The molecule has 0 aliphatic rings. The molecule has 1 heterocycles. The van der Waals surface area contributed by atoms with Gasteiger partial charge in [0.2, 0.25) is 0 Å². The normalized spacial score (nSPS) is 11.6. The third-order valence-electron chi connectivity index (χ3n) is 2.63. The molecule has 4 heteroatoms. The monoisotopic (exact) mass is 282 g/mol. The van der Waals surface area contributed by atoms with Crippen molar-refractivity contribution in [1.82, 2.24) is 4.57 Å². The van der Waals surface area contributed by atoms with Gasteiger partial charge in [0.05, 0.1) is 0 Å². The minimum atomic E-state index is 0.386. The van der Waals surface area contributed by atoms with Crippen molar-refractivity contribution in [3.63, 3.8) is 0 Å². The van der Waals surface area contributed by atoms with Gasteiger partial charge in [0.15, 0.2) is 0 Å². The molecule has 0 unspecified atom stereocenters. The quantitative estimate of drug-likeness (QED) is 0.877. The maximum atomic E-state index is 5.16. The molecule has 0 saturated carbocycles. The summed E-state index contributed by atoms with van der Waals surface area (Å²) >= 11 is 3.49. The first-order chi connectivity index (χ1) is 7.63. The first kappa shape index (κ1) is 11.6. The minimum absolute atomic E-state index is 0.386. The Morgan fingerprint density at radius 1 is 1.38 bits per heavy atom. The van der Waals surface area contributed by atoms with Gasteiger partial charge in [0.25, 0.3) is 0 Å². The molecular weight excluding hydrogens is 268 g/mol. The van der Waals surface area contributed by atoms with E-state index in [0.29, 0.717) is 12.6 Å². The van der Waals surface area contributed by atoms with Crippen LogP contribution in [0.1, 0.15) is 25.6 Å². The van der Waals surface area contributed by atoms with Gasteiger partial charge in [-0.1, -0.05) is 22.0 Å². The Bertz CT molecular complexity index is 505. The highest BCUT2D eigenvalue weighted by molar-refractivity contribution is 9.10. The topological polar surface area (TPSA) is 40.2 Å². The van der Waals surface area contributed by atoms with E-state index in [4.69, 9.17) is 10.7 Å². The van der Waals surface area contributed by atoms with Crippen LogP contribution in [0.2, 0.25) is 0 Å². The molecule has 0 amide bonds. The standard InChI is InChI=1S/C12H15BrN2O/c1-8(2)15-11(7-16-14)5-9-3-4-10(13)6-12(9)15/h3-6,8H,7,14H2,1-2H3. The summed E-state index contributed by atoms with van der Waals surface area (Å²) < 4.78 is 3.33. The van der Waals surface area contributed by atoms with Crippen molar-refractivity contribution in [3.05, 3.63) is 34.4 Å². The molecule has 0 aliphatic carbocycles. The molecule has 0 fully saturated rings. The van der Waals surface area contributed by atoms with Crippen molar-refractivity contribution < 1.29 is 4.84 Å². The van der Waals surface area contributed by atoms with E-state index in [1.54, 1.807) is 0 Å². The third-order valence-corrected chi connectivity index (χ3v) is 3.12. The van der Waals surface area contributed by atoms with E-state index in [2.05, 4.69) is 52.5 Å². The number of benzene rings is 1. The molecule has 16 heavy (non-hydrogen) atoms. The molecule has 0 saturated heterocycles. The Balaban J connectivity index is 2.67. The lowest BCUT2D eigenvalue weighted by molar-refractivity contribution is 0.118. The average Bonchev–Trinajstić information content (AvgIpc) is 2.55. The lowest BCUT2D eigenvalue weighted by atomic mass is 10.2. The molecular formula is C12H15BrN2O. The van der Waals surface area contributed by atoms with Crippen LogP contribution in [0, 0.1) is 0 Å². The van der Waals surface area contributed by atoms with E-state index in [9.17, 15) is 0 Å². The van der Waals surface area contributed by atoms with Gasteiger partial charge in [-0.2, -0.15) is 0 Å². The highest BCUT2D eigenvalue weighted by Gasteiger charge is 2.11. The first-order valence-corrected chi connectivity index (χ1v) is 6.04. The van der Waals surface area contributed by atoms with Gasteiger partial charge < -0.3 is 4.57 Å². The van der Waals surface area contributed by atoms with Crippen molar-refractivity contribution in [3.8, 4) is 0 Å². The van der Waals surface area contributed by atoms with Gasteiger partial charge >= 0.3 is 0 Å². The Morgan fingerprint density at radius 3 is 2.75 bits per heavy atom. The number of halogens is 1. The number of fused-ring (bicyclic) bond motifs is 1. The number of nitrogens with two attached hydrogens (primary N) is 1. The molecule has 2 N–H and O–H groups in total. The summed E-state index contributed by atoms with van der Waals surface area (Å²) in [7, 11) is 0. The fourth-order valence-corrected chi connectivity index (χ4v) is 2.41. The Kier molecular flexibility index (Phi) is 3.33. The van der Waals surface area contributed by atoms with Gasteiger partial charge in [0, 0.05) is 27.1 Å². The zero-order valence-corrected chi connectivity index (χ0v) is 11.0. The van der Waals surface area contributed by atoms with Gasteiger partial charge in [0.1, 0.15) is 6.61 Å². The second-order valence-corrected chi connectivity index (χ2v) is 5.03. The van der Waals surface area contributed by atoms with Gasteiger partial charge in [-0.15, -0.1) is 0 Å². The maximum absolute atomic E-state index is 5.16. The molecule has 2 aromatic rings. The Morgan fingerprint density at radius 2 is 2.12 bits per heavy atom. The summed E-state index contributed by atoms with van der Waals surface area (Å²) in [6.07, 6.45) is 0. The summed E-state index contributed by atoms with van der Waals surface area (Å²) in [5.41, 5.74) is 2.31. The third kappa shape index (κ3) is 2.00. The lowest BCUT2D eigenvalue weighted by Crippen LogP contribution is -2.08. The zero-order chi connectivity index (χ0) is 11.7. The summed E-state index contributed by atoms with van der Waals surface area (Å²) in [4.78, 5) is 4.75. The molecule has 0 atom stereocenters. The van der Waals surface area contributed by atoms with Gasteiger partial charge in [-0.05, 0) is 32.0 Å². The van der Waals surface area contributed by atoms with Crippen LogP contribution in [0.4, 0.5) is 0 Å². The van der Waals surface area contributed by atoms with Gasteiger partial charge in [-0.3, -0.25) is 4.84 Å². The fraction of sp³-hybridized carbons (Fsp3) is 0.333. The van der Waals surface area contributed by atoms with E-state index < -0.39 is 0 Å². The zero-order valence-electron chi connectivity index (χ0n) is 9.40. The van der Waals surface area contributed by atoms with Crippen LogP contribution in [-0.2, 0) is 11.4 Å². The van der Waals surface area contributed by atoms with Crippen LogP contribution in [0.15, 0.2) is 28.7 Å². The summed E-state index contributed by atoms with van der Waals surface area (Å²) in [5, 5.41) is 1.21. The number of hydrogen-bond donors (Lipinski definition) is 1. The highest BCUT2D eigenvalue weighted by Crippen LogP contribution is 2.27. The van der Waals surface area contributed by atoms with Crippen LogP contribution in [0.25, 0.3) is 10.9 Å². The summed E-state index contributed by atoms with van der Waals surface area (Å²) in [6, 6.07) is 8.76. The number of hydrogen-bond acceptors (Lipinski definition) is 2. The number of aromatic nitrogens is 1. The fourth-order valence-electron chi connectivity index (χ4n) is 2.06. The van der Waals surface area contributed by atoms with Gasteiger partial charge in [-0.25, -0.2) is 5.90 Å². The number of nitrogens with zero attached hydrogens (tertiary/aromatic N) is 1. The maximum Gasteiger partial charge on any atom is 0.108 e. The van der Waals surface area contributed by atoms with E-state index in [1.165, 1.54) is 10.9 Å². The molecule has 1 aromatic carbocycles. The largest absolute Gasteiger partial charge is 0.340 e. The van der Waals surface area contributed by atoms with Crippen molar-refractivity contribution in [2.45, 2.75) is 26.5 Å². The second-order valence-electron chi connectivity index (χ2n) is 4.11. The first-order valence-electron chi connectivity index (χ1n) is 5.24. The molecule has 2 rings (SSSR count). The second kappa shape index (κ2) is 4.57. The van der Waals surface area contributed by atoms with Crippen molar-refractivity contribution in [2.75, 3.05) is 0 Å². The predicted octanol–water partition coefficient (Wildman–Crippen LogP) is 3.38. The van der Waals surface area contributed by atoms with Crippen LogP contribution >= 0.6 is 15.9 Å². The molecule has 0 aliphatic heterocycles. The number of rotatable bonds is 3. The van der Waals surface area contributed by atoms with Crippen molar-refractivity contribution >= 4 is 26.8 Å². The Labute approximate surface area is 103 Å². The van der Waals surface area contributed by atoms with E-state index in [1.807, 2.05) is 6.07 Å². The SMILES string of the molecule is CC(C)n1c(CON)cc2ccc(Br)cc21. The lowest BCUT2D eigenvalue weighted by Gasteiger charge is -2.14. The van der Waals surface area contributed by atoms with Crippen LogP contribution in [0.5, 0.6) is 0 Å². The summed E-state index contributed by atoms with van der Waals surface area (Å²) in [6.45, 7) is 4.74. The predicted molar refractivity (Wildman–Crippen MR) is 69.0 cm³/mol. The average molecular weight is 283 g/mol.